The third-order valence-corrected chi connectivity index (χ3v) is 2.81. The maximum atomic E-state index is 11.0. The molecule has 86 valence electrons. The van der Waals surface area contributed by atoms with Crippen LogP contribution in [0.4, 0.5) is 0 Å². The molecule has 1 fully saturated rings. The molecular formula is C10H12ClN3O2. The summed E-state index contributed by atoms with van der Waals surface area (Å²) in [5.74, 6) is -1.01. The topological polar surface area (TPSA) is 74.2 Å². The van der Waals surface area contributed by atoms with Crippen molar-refractivity contribution in [2.24, 2.45) is 0 Å². The highest BCUT2D eigenvalue weighted by Crippen LogP contribution is 2.18. The van der Waals surface area contributed by atoms with Gasteiger partial charge in [-0.3, -0.25) is 5.32 Å². The lowest BCUT2D eigenvalue weighted by atomic mass is 10.0. The molecule has 0 saturated carbocycles. The molecule has 2 heterocycles. The van der Waals surface area contributed by atoms with Crippen molar-refractivity contribution < 1.29 is 9.90 Å². The quantitative estimate of drug-likeness (QED) is 0.522. The number of rotatable bonds is 2. The van der Waals surface area contributed by atoms with Crippen molar-refractivity contribution in [2.45, 2.75) is 11.5 Å². The molecule has 1 aromatic rings. The zero-order valence-corrected chi connectivity index (χ0v) is 9.24. The smallest absolute Gasteiger partial charge is 0.354 e. The Hall–Kier alpha value is -1.17. The van der Waals surface area contributed by atoms with Crippen LogP contribution in [0.1, 0.15) is 22.1 Å². The average Bonchev–Trinajstić information content (AvgIpc) is 2.30. The predicted molar refractivity (Wildman–Crippen MR) is 59.6 cm³/mol. The van der Waals surface area contributed by atoms with Gasteiger partial charge in [-0.05, 0) is 6.07 Å². The number of alkyl halides is 1. The number of hydrogen-bond acceptors (Lipinski definition) is 4. The molecule has 2 rings (SSSR count). The first-order valence-corrected chi connectivity index (χ1v) is 5.41. The van der Waals surface area contributed by atoms with E-state index >= 15 is 0 Å². The minimum Gasteiger partial charge on any atom is -0.477 e. The fourth-order valence-corrected chi connectivity index (χ4v) is 1.91. The Balaban J connectivity index is 2.23. The lowest BCUT2D eigenvalue weighted by molar-refractivity contribution is 0.0688. The second-order valence-corrected chi connectivity index (χ2v) is 4.11. The summed E-state index contributed by atoms with van der Waals surface area (Å²) in [7, 11) is 0. The summed E-state index contributed by atoms with van der Waals surface area (Å²) in [6.45, 7) is 1.19. The van der Waals surface area contributed by atoms with E-state index in [1.165, 1.54) is 6.20 Å². The van der Waals surface area contributed by atoms with Crippen molar-refractivity contribution in [3.63, 3.8) is 0 Å². The molecule has 3 N–H and O–H groups in total. The number of aromatic nitrogens is 1. The van der Waals surface area contributed by atoms with E-state index in [0.29, 0.717) is 18.7 Å². The molecule has 0 radical (unpaired) electrons. The predicted octanol–water partition coefficient (Wildman–Crippen LogP) is 0.579. The number of piperazine rings is 1. The maximum Gasteiger partial charge on any atom is 0.354 e. The van der Waals surface area contributed by atoms with Crippen LogP contribution in [0.5, 0.6) is 0 Å². The molecule has 1 aliphatic rings. The summed E-state index contributed by atoms with van der Waals surface area (Å²) in [4.78, 5) is 14.9. The van der Waals surface area contributed by atoms with E-state index in [2.05, 4.69) is 15.6 Å². The van der Waals surface area contributed by atoms with Crippen LogP contribution >= 0.6 is 11.6 Å². The lowest BCUT2D eigenvalue weighted by Crippen LogP contribution is -2.47. The molecule has 2 unspecified atom stereocenters. The summed E-state index contributed by atoms with van der Waals surface area (Å²) >= 11 is 5.87. The summed E-state index contributed by atoms with van der Waals surface area (Å²) in [6.07, 6.45) is 1.48. The van der Waals surface area contributed by atoms with E-state index in [1.807, 2.05) is 0 Å². The van der Waals surface area contributed by atoms with E-state index in [-0.39, 0.29) is 17.2 Å². The summed E-state index contributed by atoms with van der Waals surface area (Å²) < 4.78 is 0. The fourth-order valence-electron chi connectivity index (χ4n) is 1.73. The molecule has 1 saturated heterocycles. The Morgan fingerprint density at radius 2 is 2.31 bits per heavy atom. The van der Waals surface area contributed by atoms with Crippen molar-refractivity contribution in [1.29, 1.82) is 0 Å². The highest BCUT2D eigenvalue weighted by Gasteiger charge is 2.23. The second kappa shape index (κ2) is 4.78. The SMILES string of the molecule is O=C(O)c1ncccc1C1CNC(Cl)CN1. The monoisotopic (exact) mass is 241 g/mol. The fraction of sp³-hybridized carbons (Fsp3) is 0.400. The maximum absolute atomic E-state index is 11.0. The van der Waals surface area contributed by atoms with Gasteiger partial charge in [-0.1, -0.05) is 6.07 Å². The van der Waals surface area contributed by atoms with Gasteiger partial charge >= 0.3 is 5.97 Å². The number of carboxylic acids is 1. The molecule has 0 aliphatic carbocycles. The van der Waals surface area contributed by atoms with Crippen LogP contribution < -0.4 is 10.6 Å². The molecule has 0 bridgehead atoms. The second-order valence-electron chi connectivity index (χ2n) is 3.58. The van der Waals surface area contributed by atoms with Gasteiger partial charge in [-0.2, -0.15) is 0 Å². The minimum atomic E-state index is -1.01. The molecule has 0 aromatic carbocycles. The Morgan fingerprint density at radius 3 is 2.94 bits per heavy atom. The number of nitrogens with one attached hydrogen (secondary N) is 2. The normalized spacial score (nSPS) is 25.3. The van der Waals surface area contributed by atoms with Gasteiger partial charge in [0.15, 0.2) is 5.69 Å². The zero-order valence-electron chi connectivity index (χ0n) is 8.48. The van der Waals surface area contributed by atoms with E-state index in [1.54, 1.807) is 12.1 Å². The zero-order chi connectivity index (χ0) is 11.5. The van der Waals surface area contributed by atoms with Crippen molar-refractivity contribution in [3.05, 3.63) is 29.6 Å². The largest absolute Gasteiger partial charge is 0.477 e. The standard InChI is InChI=1S/C10H12ClN3O2/c11-8-5-13-7(4-14-8)6-2-1-3-12-9(6)10(15)16/h1-3,7-8,13-14H,4-5H2,(H,15,16). The number of carboxylic acid groups (broad SMARTS) is 1. The van der Waals surface area contributed by atoms with Crippen LogP contribution in [0.2, 0.25) is 0 Å². The molecule has 6 heteroatoms. The van der Waals surface area contributed by atoms with E-state index in [0.717, 1.165) is 0 Å². The number of carbonyl (C=O) groups is 1. The molecular weight excluding hydrogens is 230 g/mol. The summed E-state index contributed by atoms with van der Waals surface area (Å²) in [6, 6.07) is 3.44. The summed E-state index contributed by atoms with van der Waals surface area (Å²) in [5, 5.41) is 15.3. The van der Waals surface area contributed by atoms with Crippen LogP contribution in [-0.2, 0) is 0 Å². The van der Waals surface area contributed by atoms with E-state index < -0.39 is 5.97 Å². The van der Waals surface area contributed by atoms with Crippen LogP contribution in [0.3, 0.4) is 0 Å². The number of hydrogen-bond donors (Lipinski definition) is 3. The number of aromatic carboxylic acids is 1. The number of pyridine rings is 1. The molecule has 0 amide bonds. The average molecular weight is 242 g/mol. The van der Waals surface area contributed by atoms with Crippen molar-refractivity contribution >= 4 is 17.6 Å². The molecule has 1 aliphatic heterocycles. The lowest BCUT2D eigenvalue weighted by Gasteiger charge is -2.28. The molecule has 1 aromatic heterocycles. The van der Waals surface area contributed by atoms with E-state index in [9.17, 15) is 4.79 Å². The van der Waals surface area contributed by atoms with Gasteiger partial charge in [0.05, 0.1) is 5.50 Å². The number of halogens is 1. The Kier molecular flexibility index (Phi) is 3.38. The van der Waals surface area contributed by atoms with Gasteiger partial charge in [0.1, 0.15) is 0 Å². The minimum absolute atomic E-state index is 0.0604. The first kappa shape index (κ1) is 11.3. The third-order valence-electron chi connectivity index (χ3n) is 2.50. The first-order chi connectivity index (χ1) is 7.68. The third kappa shape index (κ3) is 2.32. The first-order valence-electron chi connectivity index (χ1n) is 4.97. The van der Waals surface area contributed by atoms with Crippen LogP contribution in [0.15, 0.2) is 18.3 Å². The highest BCUT2D eigenvalue weighted by atomic mass is 35.5. The van der Waals surface area contributed by atoms with Crippen molar-refractivity contribution in [2.75, 3.05) is 13.1 Å². The Labute approximate surface area is 97.8 Å². The van der Waals surface area contributed by atoms with Gasteiger partial charge < -0.3 is 10.4 Å². The Morgan fingerprint density at radius 1 is 1.50 bits per heavy atom. The number of nitrogens with zero attached hydrogens (tertiary/aromatic N) is 1. The Bertz CT molecular complexity index is 391. The van der Waals surface area contributed by atoms with Crippen LogP contribution in [0, 0.1) is 0 Å². The van der Waals surface area contributed by atoms with Crippen molar-refractivity contribution in [1.82, 2.24) is 15.6 Å². The summed E-state index contributed by atoms with van der Waals surface area (Å²) in [5.41, 5.74) is 0.669. The van der Waals surface area contributed by atoms with Gasteiger partial charge in [0, 0.05) is 30.9 Å². The molecule has 0 spiro atoms. The molecule has 5 nitrogen and oxygen atoms in total. The van der Waals surface area contributed by atoms with Gasteiger partial charge in [0.2, 0.25) is 0 Å². The highest BCUT2D eigenvalue weighted by molar-refractivity contribution is 6.20. The van der Waals surface area contributed by atoms with Crippen molar-refractivity contribution in [3.8, 4) is 0 Å². The van der Waals surface area contributed by atoms with Gasteiger partial charge in [0.25, 0.3) is 0 Å². The van der Waals surface area contributed by atoms with Crippen LogP contribution in [0.25, 0.3) is 0 Å². The molecule has 16 heavy (non-hydrogen) atoms. The molecule has 2 atom stereocenters. The van der Waals surface area contributed by atoms with Gasteiger partial charge in [-0.25, -0.2) is 9.78 Å². The van der Waals surface area contributed by atoms with E-state index in [4.69, 9.17) is 16.7 Å². The van der Waals surface area contributed by atoms with Crippen LogP contribution in [-0.4, -0.2) is 34.7 Å². The van der Waals surface area contributed by atoms with Gasteiger partial charge in [-0.15, -0.1) is 11.6 Å².